The Morgan fingerprint density at radius 2 is 2.44 bits per heavy atom. The van der Waals surface area contributed by atoms with Gasteiger partial charge >= 0.3 is 0 Å². The highest BCUT2D eigenvalue weighted by atomic mass is 16.6. The maximum Gasteiger partial charge on any atom is 0.196 e. The predicted octanol–water partition coefficient (Wildman–Crippen LogP) is -1.53. The standard InChI is InChI=1S/C10H16N4O4/c1-5(11)9-12-4-14(13-9)10-7(16)8(17-2)6(3-15)18-10/h4,6-8,10,15-16H,1,3,11H2,2H3/t6-,7-,8-,10-/m0/s1. The zero-order chi connectivity index (χ0) is 13.3. The molecule has 0 aromatic carbocycles. The second-order valence-corrected chi connectivity index (χ2v) is 4.01. The van der Waals surface area contributed by atoms with E-state index in [0.29, 0.717) is 0 Å². The van der Waals surface area contributed by atoms with Crippen LogP contribution in [0.2, 0.25) is 0 Å². The van der Waals surface area contributed by atoms with Crippen LogP contribution in [0.4, 0.5) is 0 Å². The first-order valence-corrected chi connectivity index (χ1v) is 5.41. The average molecular weight is 256 g/mol. The zero-order valence-electron chi connectivity index (χ0n) is 9.93. The predicted molar refractivity (Wildman–Crippen MR) is 61.0 cm³/mol. The van der Waals surface area contributed by atoms with E-state index in [0.717, 1.165) is 0 Å². The first-order valence-electron chi connectivity index (χ1n) is 5.41. The van der Waals surface area contributed by atoms with Gasteiger partial charge in [0, 0.05) is 7.11 Å². The van der Waals surface area contributed by atoms with Crippen LogP contribution in [0.15, 0.2) is 12.9 Å². The Hall–Kier alpha value is -1.48. The molecule has 0 spiro atoms. The van der Waals surface area contributed by atoms with E-state index in [4.69, 9.17) is 20.3 Å². The normalized spacial score (nSPS) is 31.7. The van der Waals surface area contributed by atoms with Gasteiger partial charge < -0.3 is 25.4 Å². The summed E-state index contributed by atoms with van der Waals surface area (Å²) in [6.45, 7) is 3.27. The number of aromatic nitrogens is 3. The van der Waals surface area contributed by atoms with Crippen molar-refractivity contribution < 1.29 is 19.7 Å². The van der Waals surface area contributed by atoms with Crippen LogP contribution in [0.5, 0.6) is 0 Å². The van der Waals surface area contributed by atoms with Gasteiger partial charge in [-0.05, 0) is 0 Å². The highest BCUT2D eigenvalue weighted by Crippen LogP contribution is 2.30. The minimum Gasteiger partial charge on any atom is -0.396 e. The van der Waals surface area contributed by atoms with Crippen LogP contribution in [-0.2, 0) is 9.47 Å². The topological polar surface area (TPSA) is 116 Å². The first kappa shape index (κ1) is 13.0. The highest BCUT2D eigenvalue weighted by molar-refractivity contribution is 5.51. The number of ether oxygens (including phenoxy) is 2. The Morgan fingerprint density at radius 1 is 1.72 bits per heavy atom. The number of hydrogen-bond acceptors (Lipinski definition) is 7. The van der Waals surface area contributed by atoms with E-state index in [2.05, 4.69) is 16.7 Å². The molecule has 2 heterocycles. The van der Waals surface area contributed by atoms with Crippen LogP contribution >= 0.6 is 0 Å². The summed E-state index contributed by atoms with van der Waals surface area (Å²) >= 11 is 0. The fourth-order valence-electron chi connectivity index (χ4n) is 1.92. The van der Waals surface area contributed by atoms with Gasteiger partial charge in [0.15, 0.2) is 12.1 Å². The van der Waals surface area contributed by atoms with Crippen LogP contribution in [0, 0.1) is 0 Å². The van der Waals surface area contributed by atoms with Crippen LogP contribution in [0.3, 0.4) is 0 Å². The summed E-state index contributed by atoms with van der Waals surface area (Å²) in [5.41, 5.74) is 5.69. The van der Waals surface area contributed by atoms with Crippen LogP contribution < -0.4 is 5.73 Å². The van der Waals surface area contributed by atoms with Crippen molar-refractivity contribution in [3.8, 4) is 0 Å². The van der Waals surface area contributed by atoms with Gasteiger partial charge in [-0.1, -0.05) is 6.58 Å². The Balaban J connectivity index is 2.20. The van der Waals surface area contributed by atoms with Gasteiger partial charge in [0.1, 0.15) is 24.6 Å². The van der Waals surface area contributed by atoms with Gasteiger partial charge in [-0.25, -0.2) is 9.67 Å². The smallest absolute Gasteiger partial charge is 0.196 e. The molecule has 4 N–H and O–H groups in total. The van der Waals surface area contributed by atoms with Crippen molar-refractivity contribution in [1.82, 2.24) is 14.8 Å². The van der Waals surface area contributed by atoms with Gasteiger partial charge in [-0.15, -0.1) is 5.10 Å². The molecule has 0 bridgehead atoms. The van der Waals surface area contributed by atoms with Crippen molar-refractivity contribution in [2.24, 2.45) is 5.73 Å². The van der Waals surface area contributed by atoms with Gasteiger partial charge in [-0.3, -0.25) is 0 Å². The Kier molecular flexibility index (Phi) is 3.62. The molecule has 0 radical (unpaired) electrons. The van der Waals surface area contributed by atoms with Gasteiger partial charge in [0.2, 0.25) is 0 Å². The van der Waals surface area contributed by atoms with Gasteiger partial charge in [0.25, 0.3) is 0 Å². The summed E-state index contributed by atoms with van der Waals surface area (Å²) in [7, 11) is 1.44. The Morgan fingerprint density at radius 3 is 2.89 bits per heavy atom. The molecule has 1 fully saturated rings. The van der Waals surface area contributed by atoms with Crippen molar-refractivity contribution in [3.05, 3.63) is 18.7 Å². The lowest BCUT2D eigenvalue weighted by molar-refractivity contribution is -0.0602. The molecule has 8 heteroatoms. The lowest BCUT2D eigenvalue weighted by Crippen LogP contribution is -2.35. The summed E-state index contributed by atoms with van der Waals surface area (Å²) in [5.74, 6) is 0.271. The number of nitrogens with two attached hydrogens (primary N) is 1. The van der Waals surface area contributed by atoms with Crippen LogP contribution in [-0.4, -0.2) is 57.0 Å². The molecule has 0 saturated carbocycles. The van der Waals surface area contributed by atoms with Crippen molar-refractivity contribution in [3.63, 3.8) is 0 Å². The third-order valence-corrected chi connectivity index (χ3v) is 2.82. The molecule has 1 aromatic rings. The minimum atomic E-state index is -0.951. The van der Waals surface area contributed by atoms with E-state index in [-0.39, 0.29) is 18.1 Å². The number of rotatable bonds is 4. The van der Waals surface area contributed by atoms with Gasteiger partial charge in [-0.2, -0.15) is 0 Å². The van der Waals surface area contributed by atoms with E-state index < -0.39 is 24.5 Å². The molecule has 0 unspecified atom stereocenters. The molecule has 0 amide bonds. The molecule has 8 nitrogen and oxygen atoms in total. The Labute approximate surface area is 104 Å². The molecular formula is C10H16N4O4. The molecule has 1 aliphatic heterocycles. The summed E-state index contributed by atoms with van der Waals surface area (Å²) < 4.78 is 11.9. The quantitative estimate of drug-likeness (QED) is 0.598. The van der Waals surface area contributed by atoms with Crippen molar-refractivity contribution in [2.75, 3.05) is 13.7 Å². The van der Waals surface area contributed by atoms with E-state index in [1.165, 1.54) is 18.1 Å². The average Bonchev–Trinajstić information content (AvgIpc) is 2.93. The minimum absolute atomic E-state index is 0.225. The SMILES string of the molecule is C=C(N)c1ncn([C@H]2O[C@@H](CO)[C@H](OC)[C@@H]2O)n1. The number of hydrogen-bond donors (Lipinski definition) is 3. The fraction of sp³-hybridized carbons (Fsp3) is 0.600. The molecular weight excluding hydrogens is 240 g/mol. The summed E-state index contributed by atoms with van der Waals surface area (Å²) in [5, 5.41) is 23.2. The summed E-state index contributed by atoms with van der Waals surface area (Å²) in [4.78, 5) is 3.93. The number of nitrogens with zero attached hydrogens (tertiary/aromatic N) is 3. The summed E-state index contributed by atoms with van der Waals surface area (Å²) in [6.07, 6.45) is -1.56. The zero-order valence-corrected chi connectivity index (χ0v) is 9.93. The highest BCUT2D eigenvalue weighted by Gasteiger charge is 2.45. The van der Waals surface area contributed by atoms with Crippen LogP contribution in [0.25, 0.3) is 5.70 Å². The Bertz CT molecular complexity index is 435. The maximum atomic E-state index is 10.0. The molecule has 1 aromatic heterocycles. The van der Waals surface area contributed by atoms with Crippen molar-refractivity contribution in [1.29, 1.82) is 0 Å². The second kappa shape index (κ2) is 5.02. The number of aliphatic hydroxyl groups is 2. The van der Waals surface area contributed by atoms with E-state index in [1.54, 1.807) is 0 Å². The van der Waals surface area contributed by atoms with E-state index in [9.17, 15) is 5.11 Å². The molecule has 0 aliphatic carbocycles. The fourth-order valence-corrected chi connectivity index (χ4v) is 1.92. The number of methoxy groups -OCH3 is 1. The van der Waals surface area contributed by atoms with Gasteiger partial charge in [0.05, 0.1) is 12.3 Å². The van der Waals surface area contributed by atoms with E-state index in [1.807, 2.05) is 0 Å². The first-order chi connectivity index (χ1) is 8.58. The van der Waals surface area contributed by atoms with E-state index >= 15 is 0 Å². The molecule has 4 atom stereocenters. The molecule has 2 rings (SSSR count). The molecule has 1 saturated heterocycles. The number of aliphatic hydroxyl groups excluding tert-OH is 2. The molecule has 18 heavy (non-hydrogen) atoms. The third-order valence-electron chi connectivity index (χ3n) is 2.82. The third kappa shape index (κ3) is 2.10. The van der Waals surface area contributed by atoms with Crippen molar-refractivity contribution >= 4 is 5.70 Å². The second-order valence-electron chi connectivity index (χ2n) is 4.01. The molecule has 100 valence electrons. The monoisotopic (exact) mass is 256 g/mol. The summed E-state index contributed by atoms with van der Waals surface area (Å²) in [6, 6.07) is 0. The largest absolute Gasteiger partial charge is 0.396 e. The molecule has 1 aliphatic rings. The lowest BCUT2D eigenvalue weighted by atomic mass is 10.1. The lowest BCUT2D eigenvalue weighted by Gasteiger charge is -2.16. The maximum absolute atomic E-state index is 10.0. The van der Waals surface area contributed by atoms with Crippen molar-refractivity contribution in [2.45, 2.75) is 24.5 Å². The van der Waals surface area contributed by atoms with Crippen LogP contribution in [0.1, 0.15) is 12.1 Å².